The van der Waals surface area contributed by atoms with Gasteiger partial charge in [-0.25, -0.2) is 0 Å². The highest BCUT2D eigenvalue weighted by Gasteiger charge is 2.22. The van der Waals surface area contributed by atoms with Crippen molar-refractivity contribution in [3.8, 4) is 5.69 Å². The SMILES string of the molecule is C=Cc1sc2cc3c(cc2c1C=C)c1ccccc1n3-c1cc(N(c2ccccc2)c2ccccc2)cc(N(c2ccccc2)c2ccccc2)c1.CC. The van der Waals surface area contributed by atoms with Crippen molar-refractivity contribution in [1.82, 2.24) is 4.57 Å². The molecule has 0 spiro atoms. The van der Waals surface area contributed by atoms with Crippen LogP contribution >= 0.6 is 11.3 Å². The highest BCUT2D eigenvalue weighted by Crippen LogP contribution is 2.45. The summed E-state index contributed by atoms with van der Waals surface area (Å²) in [6, 6.07) is 62.9. The number of aromatic nitrogens is 1. The highest BCUT2D eigenvalue weighted by molar-refractivity contribution is 7.20. The van der Waals surface area contributed by atoms with Gasteiger partial charge in [0.1, 0.15) is 0 Å². The van der Waals surface area contributed by atoms with E-state index in [1.807, 2.05) is 26.0 Å². The molecule has 0 amide bonds. The molecule has 9 aromatic rings. The summed E-state index contributed by atoms with van der Waals surface area (Å²) >= 11 is 1.76. The highest BCUT2D eigenvalue weighted by atomic mass is 32.1. The Morgan fingerprint density at radius 3 is 1.37 bits per heavy atom. The second-order valence-electron chi connectivity index (χ2n) is 12.7. The Kier molecular flexibility index (Phi) is 9.67. The van der Waals surface area contributed by atoms with Gasteiger partial charge in [-0.2, -0.15) is 0 Å². The molecular formula is C50H41N3S. The molecule has 4 heteroatoms. The first-order valence-corrected chi connectivity index (χ1v) is 19.2. The molecule has 0 fully saturated rings. The minimum atomic E-state index is 1.05. The third-order valence-electron chi connectivity index (χ3n) is 9.66. The van der Waals surface area contributed by atoms with Crippen LogP contribution in [0.1, 0.15) is 24.3 Å². The minimum Gasteiger partial charge on any atom is -0.310 e. The second kappa shape index (κ2) is 15.2. The molecular weight excluding hydrogens is 675 g/mol. The van der Waals surface area contributed by atoms with Gasteiger partial charge in [0.2, 0.25) is 0 Å². The maximum atomic E-state index is 4.15. The van der Waals surface area contributed by atoms with Crippen LogP contribution in [-0.2, 0) is 0 Å². The largest absolute Gasteiger partial charge is 0.310 e. The molecule has 0 aliphatic carbocycles. The van der Waals surface area contributed by atoms with Crippen LogP contribution in [0.3, 0.4) is 0 Å². The van der Waals surface area contributed by atoms with E-state index >= 15 is 0 Å². The monoisotopic (exact) mass is 715 g/mol. The Labute approximate surface area is 321 Å². The molecule has 2 heterocycles. The molecule has 0 saturated heterocycles. The Balaban J connectivity index is 0.00000203. The number of hydrogen-bond donors (Lipinski definition) is 0. The average molecular weight is 716 g/mol. The zero-order valence-electron chi connectivity index (χ0n) is 30.6. The van der Waals surface area contributed by atoms with Crippen molar-refractivity contribution in [3.63, 3.8) is 0 Å². The van der Waals surface area contributed by atoms with Gasteiger partial charge in [-0.05, 0) is 90.5 Å². The molecule has 7 aromatic carbocycles. The topological polar surface area (TPSA) is 11.4 Å². The van der Waals surface area contributed by atoms with E-state index in [0.717, 1.165) is 61.3 Å². The molecule has 0 saturated carbocycles. The number of thiophene rings is 1. The lowest BCUT2D eigenvalue weighted by Crippen LogP contribution is -2.14. The molecule has 0 bridgehead atoms. The van der Waals surface area contributed by atoms with Gasteiger partial charge in [0.05, 0.1) is 28.1 Å². The maximum absolute atomic E-state index is 4.15. The molecule has 0 aliphatic heterocycles. The standard InChI is InChI=1S/C48H35N3S.C2H6/c1-3-41-44-32-43-42-27-17-18-28-45(42)51(46(43)33-48(44)52-47(41)4-2)40-30-38(49(34-19-9-5-10-20-34)35-21-11-6-12-22-35)29-39(31-40)50(36-23-13-7-14-24-36)37-25-15-8-16-26-37;1-2/h3-33H,1-2H2;1-2H3. The lowest BCUT2D eigenvalue weighted by molar-refractivity contribution is 1.16. The van der Waals surface area contributed by atoms with Gasteiger partial charge in [0.25, 0.3) is 0 Å². The lowest BCUT2D eigenvalue weighted by atomic mass is 10.1. The zero-order valence-corrected chi connectivity index (χ0v) is 31.4. The van der Waals surface area contributed by atoms with E-state index < -0.39 is 0 Å². The summed E-state index contributed by atoms with van der Waals surface area (Å²) in [7, 11) is 0. The quantitative estimate of drug-likeness (QED) is 0.147. The fourth-order valence-corrected chi connectivity index (χ4v) is 8.48. The van der Waals surface area contributed by atoms with Crippen molar-refractivity contribution in [2.45, 2.75) is 13.8 Å². The Bertz CT molecular complexity index is 2530. The van der Waals surface area contributed by atoms with E-state index in [4.69, 9.17) is 0 Å². The summed E-state index contributed by atoms with van der Waals surface area (Å²) in [6.45, 7) is 12.3. The number of fused-ring (bicyclic) bond motifs is 4. The van der Waals surface area contributed by atoms with Gasteiger partial charge >= 0.3 is 0 Å². The molecule has 2 aromatic heterocycles. The summed E-state index contributed by atoms with van der Waals surface area (Å²) in [5.74, 6) is 0. The van der Waals surface area contributed by atoms with Crippen LogP contribution in [-0.4, -0.2) is 4.57 Å². The number of para-hydroxylation sites is 5. The van der Waals surface area contributed by atoms with Gasteiger partial charge in [0, 0.05) is 48.5 Å². The van der Waals surface area contributed by atoms with Crippen LogP contribution < -0.4 is 9.80 Å². The normalized spacial score (nSPS) is 10.9. The maximum Gasteiger partial charge on any atom is 0.0555 e. The minimum absolute atomic E-state index is 1.05. The molecule has 0 N–H and O–H groups in total. The van der Waals surface area contributed by atoms with Crippen molar-refractivity contribution in [1.29, 1.82) is 0 Å². The van der Waals surface area contributed by atoms with Crippen molar-refractivity contribution < 1.29 is 0 Å². The third-order valence-corrected chi connectivity index (χ3v) is 10.8. The number of benzene rings is 7. The van der Waals surface area contributed by atoms with Gasteiger partial charge in [0.15, 0.2) is 0 Å². The zero-order chi connectivity index (χ0) is 37.0. The first-order valence-electron chi connectivity index (χ1n) is 18.4. The molecule has 0 aliphatic rings. The average Bonchev–Trinajstić information content (AvgIpc) is 3.76. The fraction of sp³-hybridized carbons (Fsp3) is 0.0400. The summed E-state index contributed by atoms with van der Waals surface area (Å²) in [5, 5.41) is 3.62. The van der Waals surface area contributed by atoms with Crippen molar-refractivity contribution in [2.24, 2.45) is 0 Å². The van der Waals surface area contributed by atoms with E-state index in [1.165, 1.54) is 20.9 Å². The second-order valence-corrected chi connectivity index (χ2v) is 13.8. The summed E-state index contributed by atoms with van der Waals surface area (Å²) in [4.78, 5) is 5.83. The van der Waals surface area contributed by atoms with E-state index in [9.17, 15) is 0 Å². The Morgan fingerprint density at radius 1 is 0.444 bits per heavy atom. The molecule has 0 atom stereocenters. The molecule has 0 unspecified atom stereocenters. The van der Waals surface area contributed by atoms with Crippen molar-refractivity contribution in [3.05, 3.63) is 200 Å². The fourth-order valence-electron chi connectivity index (χ4n) is 7.41. The van der Waals surface area contributed by atoms with Crippen LogP contribution in [0.2, 0.25) is 0 Å². The molecule has 0 radical (unpaired) electrons. The lowest BCUT2D eigenvalue weighted by Gasteiger charge is -2.30. The third kappa shape index (κ3) is 6.17. The Morgan fingerprint density at radius 2 is 0.907 bits per heavy atom. The van der Waals surface area contributed by atoms with E-state index in [1.54, 1.807) is 11.3 Å². The molecule has 9 rings (SSSR count). The summed E-state index contributed by atoms with van der Waals surface area (Å²) in [5.41, 5.74) is 10.9. The van der Waals surface area contributed by atoms with Crippen molar-refractivity contribution >= 4 is 89.5 Å². The number of hydrogen-bond acceptors (Lipinski definition) is 3. The van der Waals surface area contributed by atoms with Crippen LogP contribution in [0.4, 0.5) is 34.1 Å². The van der Waals surface area contributed by atoms with Crippen LogP contribution in [0.5, 0.6) is 0 Å². The van der Waals surface area contributed by atoms with Gasteiger partial charge in [-0.1, -0.05) is 130 Å². The number of anilines is 6. The molecule has 262 valence electrons. The van der Waals surface area contributed by atoms with Crippen LogP contribution in [0.25, 0.3) is 49.7 Å². The first kappa shape index (κ1) is 34.5. The van der Waals surface area contributed by atoms with Crippen molar-refractivity contribution in [2.75, 3.05) is 9.80 Å². The molecule has 54 heavy (non-hydrogen) atoms. The van der Waals surface area contributed by atoms with E-state index in [2.05, 4.69) is 203 Å². The van der Waals surface area contributed by atoms with E-state index in [0.29, 0.717) is 0 Å². The smallest absolute Gasteiger partial charge is 0.0555 e. The van der Waals surface area contributed by atoms with E-state index in [-0.39, 0.29) is 0 Å². The molecule has 3 nitrogen and oxygen atoms in total. The number of rotatable bonds is 9. The number of nitrogens with zero attached hydrogens (tertiary/aromatic N) is 3. The van der Waals surface area contributed by atoms with Gasteiger partial charge in [-0.15, -0.1) is 11.3 Å². The predicted molar refractivity (Wildman–Crippen MR) is 237 cm³/mol. The van der Waals surface area contributed by atoms with Gasteiger partial charge < -0.3 is 14.4 Å². The predicted octanol–water partition coefficient (Wildman–Crippen LogP) is 15.3. The Hall–Kier alpha value is -6.62. The van der Waals surface area contributed by atoms with Gasteiger partial charge in [-0.3, -0.25) is 0 Å². The summed E-state index contributed by atoms with van der Waals surface area (Å²) in [6.07, 6.45) is 3.90. The first-order chi connectivity index (χ1) is 26.7. The van der Waals surface area contributed by atoms with Crippen LogP contribution in [0.15, 0.2) is 189 Å². The van der Waals surface area contributed by atoms with Crippen LogP contribution in [0, 0.1) is 0 Å². The summed E-state index contributed by atoms with van der Waals surface area (Å²) < 4.78 is 3.64.